The van der Waals surface area contributed by atoms with Gasteiger partial charge in [-0.25, -0.2) is 0 Å². The molecule has 20 heavy (non-hydrogen) atoms. The number of hydrogen-bond acceptors (Lipinski definition) is 2. The van der Waals surface area contributed by atoms with Gasteiger partial charge in [0.15, 0.2) is 5.78 Å². The molecule has 0 heterocycles. The van der Waals surface area contributed by atoms with E-state index in [0.29, 0.717) is 12.3 Å². The van der Waals surface area contributed by atoms with Crippen molar-refractivity contribution in [3.63, 3.8) is 0 Å². The van der Waals surface area contributed by atoms with E-state index in [2.05, 4.69) is 13.8 Å². The predicted molar refractivity (Wildman–Crippen MR) is 79.2 cm³/mol. The maximum absolute atomic E-state index is 12.1. The first-order valence-corrected chi connectivity index (χ1v) is 7.38. The molecule has 0 radical (unpaired) electrons. The summed E-state index contributed by atoms with van der Waals surface area (Å²) in [6, 6.07) is 7.98. The molecule has 4 rings (SSSR count). The fraction of sp³-hybridized carbons (Fsp3) is 0.500. The van der Waals surface area contributed by atoms with Gasteiger partial charge in [0, 0.05) is 5.92 Å². The minimum Gasteiger partial charge on any atom is -0.388 e. The number of carbonyl (C=O) groups excluding carboxylic acids is 1. The highest BCUT2D eigenvalue weighted by Gasteiger charge is 2.55. The van der Waals surface area contributed by atoms with Crippen molar-refractivity contribution in [3.05, 3.63) is 47.0 Å². The fourth-order valence-electron chi connectivity index (χ4n) is 3.75. The van der Waals surface area contributed by atoms with E-state index < -0.39 is 6.10 Å². The third-order valence-electron chi connectivity index (χ3n) is 5.28. The molecule has 3 aliphatic rings. The van der Waals surface area contributed by atoms with E-state index in [0.717, 1.165) is 17.6 Å². The van der Waals surface area contributed by atoms with Gasteiger partial charge in [0.2, 0.25) is 0 Å². The van der Waals surface area contributed by atoms with Crippen LogP contribution in [-0.4, -0.2) is 10.9 Å². The molecule has 106 valence electrons. The van der Waals surface area contributed by atoms with Crippen LogP contribution in [0.15, 0.2) is 35.9 Å². The highest BCUT2D eigenvalue weighted by molar-refractivity contribution is 5.96. The minimum absolute atomic E-state index is 0.0775. The van der Waals surface area contributed by atoms with Crippen molar-refractivity contribution in [1.29, 1.82) is 0 Å². The number of aliphatic hydroxyl groups is 1. The predicted octanol–water partition coefficient (Wildman–Crippen LogP) is 3.59. The van der Waals surface area contributed by atoms with Gasteiger partial charge in [-0.1, -0.05) is 49.2 Å². The van der Waals surface area contributed by atoms with Crippen LogP contribution < -0.4 is 0 Å². The second-order valence-corrected chi connectivity index (χ2v) is 6.91. The standard InChI is InChI=1S/C18H22O2/c1-11-4-6-12(7-5-11)16(19)8-13-9-17(20)15-10-14(13)18(15,2)3/h4-7,9,14-16,19H,8,10H2,1-3H3/t14-,15+,16?/m1/s1. The number of hydrogen-bond donors (Lipinski definition) is 1. The molecule has 1 N–H and O–H groups in total. The Morgan fingerprint density at radius 1 is 1.25 bits per heavy atom. The third kappa shape index (κ3) is 2.03. The van der Waals surface area contributed by atoms with Crippen LogP contribution in [0.4, 0.5) is 0 Å². The van der Waals surface area contributed by atoms with Crippen LogP contribution >= 0.6 is 0 Å². The van der Waals surface area contributed by atoms with Crippen molar-refractivity contribution in [1.82, 2.24) is 0 Å². The van der Waals surface area contributed by atoms with E-state index >= 15 is 0 Å². The smallest absolute Gasteiger partial charge is 0.159 e. The molecule has 0 aliphatic heterocycles. The molecule has 0 spiro atoms. The zero-order chi connectivity index (χ0) is 14.5. The summed E-state index contributed by atoms with van der Waals surface area (Å²) < 4.78 is 0. The van der Waals surface area contributed by atoms with Crippen LogP contribution in [0.1, 0.15) is 43.9 Å². The van der Waals surface area contributed by atoms with Gasteiger partial charge in [-0.15, -0.1) is 0 Å². The number of aliphatic hydroxyl groups excluding tert-OH is 1. The van der Waals surface area contributed by atoms with Crippen LogP contribution in [0.25, 0.3) is 0 Å². The van der Waals surface area contributed by atoms with Crippen molar-refractivity contribution in [2.45, 2.75) is 39.7 Å². The molecule has 1 unspecified atom stereocenters. The number of allylic oxidation sites excluding steroid dienone is 1. The summed E-state index contributed by atoms with van der Waals surface area (Å²) in [5, 5.41) is 10.4. The van der Waals surface area contributed by atoms with Gasteiger partial charge in [-0.3, -0.25) is 4.79 Å². The van der Waals surface area contributed by atoms with Crippen molar-refractivity contribution in [2.75, 3.05) is 0 Å². The summed E-state index contributed by atoms with van der Waals surface area (Å²) in [7, 11) is 0. The molecule has 1 aromatic rings. The van der Waals surface area contributed by atoms with Gasteiger partial charge in [0.1, 0.15) is 0 Å². The quantitative estimate of drug-likeness (QED) is 0.911. The highest BCUT2D eigenvalue weighted by Crippen LogP contribution is 2.59. The Hall–Kier alpha value is -1.41. The van der Waals surface area contributed by atoms with Crippen LogP contribution in [0, 0.1) is 24.2 Å². The number of fused-ring (bicyclic) bond motifs is 1. The number of carbonyl (C=O) groups is 1. The second kappa shape index (κ2) is 4.56. The van der Waals surface area contributed by atoms with Crippen LogP contribution in [0.5, 0.6) is 0 Å². The number of ketones is 1. The molecule has 0 amide bonds. The van der Waals surface area contributed by atoms with Gasteiger partial charge < -0.3 is 5.11 Å². The average molecular weight is 270 g/mol. The van der Waals surface area contributed by atoms with Crippen LogP contribution in [-0.2, 0) is 4.79 Å². The normalized spacial score (nSPS) is 28.6. The highest BCUT2D eigenvalue weighted by atomic mass is 16.3. The minimum atomic E-state index is -0.511. The first-order chi connectivity index (χ1) is 9.39. The number of rotatable bonds is 3. The maximum Gasteiger partial charge on any atom is 0.159 e. The number of aryl methyl sites for hydroxylation is 1. The molecule has 0 saturated heterocycles. The Bertz CT molecular complexity index is 566. The zero-order valence-corrected chi connectivity index (χ0v) is 12.4. The zero-order valence-electron chi connectivity index (χ0n) is 12.4. The Labute approximate surface area is 120 Å². The molecular weight excluding hydrogens is 248 g/mol. The molecule has 1 fully saturated rings. The Morgan fingerprint density at radius 2 is 1.90 bits per heavy atom. The molecule has 2 bridgehead atoms. The van der Waals surface area contributed by atoms with Crippen molar-refractivity contribution >= 4 is 5.78 Å². The monoisotopic (exact) mass is 270 g/mol. The first kappa shape index (κ1) is 13.6. The first-order valence-electron chi connectivity index (χ1n) is 7.38. The van der Waals surface area contributed by atoms with E-state index in [1.807, 2.05) is 31.2 Å². The maximum atomic E-state index is 12.1. The second-order valence-electron chi connectivity index (χ2n) is 6.91. The van der Waals surface area contributed by atoms with E-state index in [1.165, 1.54) is 5.56 Å². The van der Waals surface area contributed by atoms with E-state index in [1.54, 1.807) is 6.08 Å². The largest absolute Gasteiger partial charge is 0.388 e. The topological polar surface area (TPSA) is 37.3 Å². The van der Waals surface area contributed by atoms with Gasteiger partial charge in [-0.05, 0) is 42.7 Å². The van der Waals surface area contributed by atoms with E-state index in [9.17, 15) is 9.90 Å². The summed E-state index contributed by atoms with van der Waals surface area (Å²) in [5.74, 6) is 0.918. The van der Waals surface area contributed by atoms with E-state index in [4.69, 9.17) is 0 Å². The summed E-state index contributed by atoms with van der Waals surface area (Å²) in [4.78, 5) is 12.1. The Kier molecular flexibility index (Phi) is 3.09. The molecular formula is C18H22O2. The molecule has 2 heteroatoms. The van der Waals surface area contributed by atoms with E-state index in [-0.39, 0.29) is 17.1 Å². The molecule has 1 saturated carbocycles. The van der Waals surface area contributed by atoms with Gasteiger partial charge in [0.05, 0.1) is 6.10 Å². The van der Waals surface area contributed by atoms with Crippen molar-refractivity contribution in [2.24, 2.45) is 17.3 Å². The fourth-order valence-corrected chi connectivity index (χ4v) is 3.75. The summed E-state index contributed by atoms with van der Waals surface area (Å²) in [6.45, 7) is 6.39. The van der Waals surface area contributed by atoms with Crippen LogP contribution in [0.3, 0.4) is 0 Å². The van der Waals surface area contributed by atoms with Gasteiger partial charge in [-0.2, -0.15) is 0 Å². The summed E-state index contributed by atoms with van der Waals surface area (Å²) >= 11 is 0. The summed E-state index contributed by atoms with van der Waals surface area (Å²) in [6.07, 6.45) is 2.83. The lowest BCUT2D eigenvalue weighted by Crippen LogP contribution is -2.52. The molecule has 1 aromatic carbocycles. The molecule has 0 aromatic heterocycles. The Balaban J connectivity index is 1.78. The van der Waals surface area contributed by atoms with Crippen LogP contribution in [0.2, 0.25) is 0 Å². The third-order valence-corrected chi connectivity index (χ3v) is 5.28. The molecule has 2 nitrogen and oxygen atoms in total. The Morgan fingerprint density at radius 3 is 2.45 bits per heavy atom. The van der Waals surface area contributed by atoms with Crippen molar-refractivity contribution < 1.29 is 9.90 Å². The molecule has 3 atom stereocenters. The average Bonchev–Trinajstić information content (AvgIpc) is 2.38. The lowest BCUT2D eigenvalue weighted by molar-refractivity contribution is -0.134. The molecule has 3 aliphatic carbocycles. The van der Waals surface area contributed by atoms with Gasteiger partial charge in [0.25, 0.3) is 0 Å². The lowest BCUT2D eigenvalue weighted by Gasteiger charge is -2.55. The van der Waals surface area contributed by atoms with Crippen molar-refractivity contribution in [3.8, 4) is 0 Å². The number of benzene rings is 1. The summed E-state index contributed by atoms with van der Waals surface area (Å²) in [5.41, 5.74) is 3.34. The SMILES string of the molecule is Cc1ccc(C(O)CC2=CC(=O)[C@@H]3C[C@H]2C3(C)C)cc1. The lowest BCUT2D eigenvalue weighted by atomic mass is 9.48. The van der Waals surface area contributed by atoms with Gasteiger partial charge >= 0.3 is 0 Å².